The Bertz CT molecular complexity index is 992. The van der Waals surface area contributed by atoms with Crippen molar-refractivity contribution >= 4 is 34.1 Å². The van der Waals surface area contributed by atoms with Crippen LogP contribution in [0.5, 0.6) is 0 Å². The topological polar surface area (TPSA) is 52.6 Å². The number of likely N-dealkylation sites (tertiary alicyclic amines) is 1. The Morgan fingerprint density at radius 1 is 0.862 bits per heavy atom. The van der Waals surface area contributed by atoms with Gasteiger partial charge in [0.15, 0.2) is 5.82 Å². The van der Waals surface area contributed by atoms with E-state index in [4.69, 9.17) is 9.97 Å². The molecular weight excluding hydrogens is 382 g/mol. The summed E-state index contributed by atoms with van der Waals surface area (Å²) in [6.45, 7) is 4.87. The van der Waals surface area contributed by atoms with Gasteiger partial charge in [0.1, 0.15) is 5.82 Å². The summed E-state index contributed by atoms with van der Waals surface area (Å²) < 4.78 is 0. The minimum Gasteiger partial charge on any atom is -0.352 e. The Hall–Kier alpha value is -2.67. The summed E-state index contributed by atoms with van der Waals surface area (Å²) in [5.41, 5.74) is 2.02. The number of para-hydroxylation sites is 1. The van der Waals surface area contributed by atoms with Crippen molar-refractivity contribution in [2.24, 2.45) is 0 Å². The normalized spacial score (nSPS) is 17.7. The summed E-state index contributed by atoms with van der Waals surface area (Å²) in [6.07, 6.45) is 3.50. The molecule has 0 bridgehead atoms. The van der Waals surface area contributed by atoms with E-state index in [1.807, 2.05) is 28.0 Å². The standard InChI is InChI=1S/C22H25N5OS/c28-22(26-9-4-1-5-10-26)27-13-11-25(12-14-27)21-18-6-2-3-7-19(18)23-20(24-21)17-8-15-29-16-17/h2-3,6-8,15-16H,1,4-5,9-14H2. The number of thiophene rings is 1. The maximum Gasteiger partial charge on any atom is 0.320 e. The number of fused-ring (bicyclic) bond motifs is 1. The van der Waals surface area contributed by atoms with E-state index in [-0.39, 0.29) is 6.03 Å². The van der Waals surface area contributed by atoms with Crippen LogP contribution < -0.4 is 4.90 Å². The van der Waals surface area contributed by atoms with E-state index in [1.165, 1.54) is 6.42 Å². The average molecular weight is 408 g/mol. The van der Waals surface area contributed by atoms with Gasteiger partial charge >= 0.3 is 6.03 Å². The SMILES string of the molecule is O=C(N1CCCCC1)N1CCN(c2nc(-c3ccsc3)nc3ccccc23)CC1. The van der Waals surface area contributed by atoms with Crippen molar-refractivity contribution in [2.75, 3.05) is 44.2 Å². The first-order valence-corrected chi connectivity index (χ1v) is 11.3. The van der Waals surface area contributed by atoms with E-state index in [1.54, 1.807) is 11.3 Å². The summed E-state index contributed by atoms with van der Waals surface area (Å²) in [7, 11) is 0. The quantitative estimate of drug-likeness (QED) is 0.642. The third kappa shape index (κ3) is 3.67. The van der Waals surface area contributed by atoms with Crippen LogP contribution in [0.3, 0.4) is 0 Å². The number of carbonyl (C=O) groups excluding carboxylic acids is 1. The lowest BCUT2D eigenvalue weighted by molar-refractivity contribution is 0.141. The van der Waals surface area contributed by atoms with Gasteiger partial charge in [0, 0.05) is 55.6 Å². The molecule has 3 aromatic rings. The van der Waals surface area contributed by atoms with Crippen molar-refractivity contribution < 1.29 is 4.79 Å². The molecule has 0 unspecified atom stereocenters. The third-order valence-electron chi connectivity index (χ3n) is 5.84. The maximum absolute atomic E-state index is 12.8. The summed E-state index contributed by atoms with van der Waals surface area (Å²) in [5, 5.41) is 5.21. The zero-order valence-corrected chi connectivity index (χ0v) is 17.3. The van der Waals surface area contributed by atoms with E-state index in [0.29, 0.717) is 0 Å². The predicted molar refractivity (Wildman–Crippen MR) is 117 cm³/mol. The molecule has 7 heteroatoms. The Morgan fingerprint density at radius 3 is 2.38 bits per heavy atom. The zero-order valence-electron chi connectivity index (χ0n) is 16.5. The molecule has 6 nitrogen and oxygen atoms in total. The van der Waals surface area contributed by atoms with E-state index >= 15 is 0 Å². The van der Waals surface area contributed by atoms with E-state index in [9.17, 15) is 4.79 Å². The summed E-state index contributed by atoms with van der Waals surface area (Å²) >= 11 is 1.66. The first kappa shape index (κ1) is 18.4. The molecule has 2 aliphatic rings. The number of piperidine rings is 1. The first-order chi connectivity index (χ1) is 14.3. The molecule has 0 radical (unpaired) electrons. The number of nitrogens with zero attached hydrogens (tertiary/aromatic N) is 5. The Kier molecular flexibility index (Phi) is 5.06. The second-order valence-corrected chi connectivity index (χ2v) is 8.48. The van der Waals surface area contributed by atoms with E-state index in [0.717, 1.165) is 80.2 Å². The van der Waals surface area contributed by atoms with Crippen LogP contribution in [0, 0.1) is 0 Å². The number of piperazine rings is 1. The van der Waals surface area contributed by atoms with Gasteiger partial charge in [-0.05, 0) is 42.8 Å². The van der Waals surface area contributed by atoms with Crippen LogP contribution in [0.4, 0.5) is 10.6 Å². The number of amides is 2. The number of carbonyl (C=O) groups is 1. The zero-order chi connectivity index (χ0) is 19.6. The third-order valence-corrected chi connectivity index (χ3v) is 6.52. The molecule has 4 heterocycles. The van der Waals surface area contributed by atoms with Crippen LogP contribution in [-0.2, 0) is 0 Å². The molecule has 2 aliphatic heterocycles. The molecule has 0 spiro atoms. The smallest absolute Gasteiger partial charge is 0.320 e. The minimum absolute atomic E-state index is 0.204. The fourth-order valence-corrected chi connectivity index (χ4v) is 4.85. The van der Waals surface area contributed by atoms with Gasteiger partial charge in [0.25, 0.3) is 0 Å². The maximum atomic E-state index is 12.8. The second-order valence-electron chi connectivity index (χ2n) is 7.70. The highest BCUT2D eigenvalue weighted by Crippen LogP contribution is 2.29. The number of aromatic nitrogens is 2. The number of hydrogen-bond donors (Lipinski definition) is 0. The summed E-state index contributed by atoms with van der Waals surface area (Å²) in [6, 6.07) is 10.5. The molecular formula is C22H25N5OS. The first-order valence-electron chi connectivity index (χ1n) is 10.4. The summed E-state index contributed by atoms with van der Waals surface area (Å²) in [5.74, 6) is 1.74. The molecule has 2 saturated heterocycles. The highest BCUT2D eigenvalue weighted by Gasteiger charge is 2.27. The van der Waals surface area contributed by atoms with Gasteiger partial charge in [-0.25, -0.2) is 14.8 Å². The van der Waals surface area contributed by atoms with Gasteiger partial charge in [-0.1, -0.05) is 12.1 Å². The van der Waals surface area contributed by atoms with Crippen molar-refractivity contribution in [3.8, 4) is 11.4 Å². The molecule has 29 heavy (non-hydrogen) atoms. The Balaban J connectivity index is 1.38. The van der Waals surface area contributed by atoms with Crippen LogP contribution >= 0.6 is 11.3 Å². The Labute approximate surface area is 174 Å². The lowest BCUT2D eigenvalue weighted by atomic mass is 10.1. The predicted octanol–water partition coefficient (Wildman–Crippen LogP) is 4.09. The van der Waals surface area contributed by atoms with Crippen LogP contribution in [-0.4, -0.2) is 65.1 Å². The monoisotopic (exact) mass is 407 g/mol. The van der Waals surface area contributed by atoms with Gasteiger partial charge < -0.3 is 14.7 Å². The number of benzene rings is 1. The van der Waals surface area contributed by atoms with Crippen molar-refractivity contribution in [2.45, 2.75) is 19.3 Å². The molecule has 0 saturated carbocycles. The number of rotatable bonds is 2. The molecule has 2 amide bonds. The fourth-order valence-electron chi connectivity index (χ4n) is 4.22. The van der Waals surface area contributed by atoms with Gasteiger partial charge in [0.05, 0.1) is 5.52 Å². The number of anilines is 1. The van der Waals surface area contributed by atoms with Crippen LogP contribution in [0.15, 0.2) is 41.1 Å². The number of urea groups is 1. The van der Waals surface area contributed by atoms with E-state index in [2.05, 4.69) is 27.8 Å². The van der Waals surface area contributed by atoms with E-state index < -0.39 is 0 Å². The molecule has 5 rings (SSSR count). The lowest BCUT2D eigenvalue weighted by Crippen LogP contribution is -2.53. The van der Waals surface area contributed by atoms with Gasteiger partial charge in [-0.3, -0.25) is 0 Å². The molecule has 0 atom stereocenters. The highest BCUT2D eigenvalue weighted by molar-refractivity contribution is 7.08. The average Bonchev–Trinajstić information content (AvgIpc) is 3.34. The molecule has 0 N–H and O–H groups in total. The highest BCUT2D eigenvalue weighted by atomic mass is 32.1. The van der Waals surface area contributed by atoms with Gasteiger partial charge in [-0.2, -0.15) is 11.3 Å². The molecule has 1 aromatic carbocycles. The van der Waals surface area contributed by atoms with Crippen LogP contribution in [0.25, 0.3) is 22.3 Å². The fraction of sp³-hybridized carbons (Fsp3) is 0.409. The molecule has 2 aromatic heterocycles. The minimum atomic E-state index is 0.204. The molecule has 0 aliphatic carbocycles. The van der Waals surface area contributed by atoms with Gasteiger partial charge in [-0.15, -0.1) is 0 Å². The van der Waals surface area contributed by atoms with Crippen molar-refractivity contribution in [1.82, 2.24) is 19.8 Å². The van der Waals surface area contributed by atoms with Crippen molar-refractivity contribution in [3.05, 3.63) is 41.1 Å². The van der Waals surface area contributed by atoms with Crippen molar-refractivity contribution in [1.29, 1.82) is 0 Å². The second kappa shape index (κ2) is 7.99. The summed E-state index contributed by atoms with van der Waals surface area (Å²) in [4.78, 5) is 28.9. The molecule has 150 valence electrons. The van der Waals surface area contributed by atoms with Crippen LogP contribution in [0.1, 0.15) is 19.3 Å². The largest absolute Gasteiger partial charge is 0.352 e. The molecule has 2 fully saturated rings. The number of hydrogen-bond acceptors (Lipinski definition) is 5. The van der Waals surface area contributed by atoms with Crippen LogP contribution in [0.2, 0.25) is 0 Å². The van der Waals surface area contributed by atoms with Gasteiger partial charge in [0.2, 0.25) is 0 Å². The van der Waals surface area contributed by atoms with Crippen molar-refractivity contribution in [3.63, 3.8) is 0 Å². The lowest BCUT2D eigenvalue weighted by Gasteiger charge is -2.39. The Morgan fingerprint density at radius 2 is 1.62 bits per heavy atom.